The fourth-order valence-electron chi connectivity index (χ4n) is 0.352. The molecule has 0 aliphatic rings. The zero-order chi connectivity index (χ0) is 9.72. The molecule has 0 aromatic carbocycles. The lowest BCUT2D eigenvalue weighted by Crippen LogP contribution is -2.51. The molecule has 0 aromatic rings. The summed E-state index contributed by atoms with van der Waals surface area (Å²) in [6.45, 7) is 0. The number of hydrazine groups is 2. The van der Waals surface area contributed by atoms with Crippen LogP contribution < -0.4 is 17.1 Å². The molecule has 3 amide bonds. The van der Waals surface area contributed by atoms with Gasteiger partial charge in [-0.3, -0.25) is 15.0 Å². The Hall–Kier alpha value is -1.67. The highest BCUT2D eigenvalue weighted by Gasteiger charge is 2.24. The van der Waals surface area contributed by atoms with Gasteiger partial charge < -0.3 is 4.74 Å². The van der Waals surface area contributed by atoms with Crippen LogP contribution in [0.4, 0.5) is 4.79 Å². The van der Waals surface area contributed by atoms with Crippen molar-refractivity contribution in [1.29, 1.82) is 0 Å². The van der Waals surface area contributed by atoms with Crippen molar-refractivity contribution in [3.05, 3.63) is 0 Å². The molecule has 0 rings (SSSR count). The summed E-state index contributed by atoms with van der Waals surface area (Å²) in [6.07, 6.45) is -1.15. The van der Waals surface area contributed by atoms with Crippen LogP contribution in [0.1, 0.15) is 0 Å². The third kappa shape index (κ3) is 2.18. The second-order valence-corrected chi connectivity index (χ2v) is 1.62. The maximum atomic E-state index is 10.7. The van der Waals surface area contributed by atoms with Crippen LogP contribution in [0, 0.1) is 0 Å². The van der Waals surface area contributed by atoms with Crippen LogP contribution in [0.15, 0.2) is 0 Å². The first-order chi connectivity index (χ1) is 5.54. The van der Waals surface area contributed by atoms with E-state index in [0.29, 0.717) is 0 Å². The molecule has 0 heterocycles. The quantitative estimate of drug-likeness (QED) is 0.161. The van der Waals surface area contributed by atoms with Crippen LogP contribution in [0.5, 0.6) is 0 Å². The van der Waals surface area contributed by atoms with Crippen molar-refractivity contribution in [1.82, 2.24) is 10.4 Å². The highest BCUT2D eigenvalue weighted by molar-refractivity contribution is 6.36. The van der Waals surface area contributed by atoms with Crippen molar-refractivity contribution in [2.75, 3.05) is 7.11 Å². The van der Waals surface area contributed by atoms with Crippen molar-refractivity contribution < 1.29 is 19.1 Å². The molecule has 0 aliphatic heterocycles. The molecule has 0 radical (unpaired) electrons. The molecule has 68 valence electrons. The van der Waals surface area contributed by atoms with Crippen molar-refractivity contribution in [3.63, 3.8) is 0 Å². The molecule has 0 saturated carbocycles. The van der Waals surface area contributed by atoms with E-state index in [2.05, 4.69) is 10.6 Å². The number of nitrogens with zero attached hydrogens (tertiary/aromatic N) is 1. The number of amides is 3. The molecular weight excluding hydrogens is 168 g/mol. The van der Waals surface area contributed by atoms with Gasteiger partial charge in [-0.15, -0.1) is 0 Å². The number of carbonyl (C=O) groups excluding carboxylic acids is 3. The Morgan fingerprint density at radius 3 is 2.25 bits per heavy atom. The average Bonchev–Trinajstić information content (AvgIpc) is 2.12. The molecular formula is C4H8N4O4. The molecule has 12 heavy (non-hydrogen) atoms. The number of hydrogen-bond donors (Lipinski definition) is 3. The lowest BCUT2D eigenvalue weighted by Gasteiger charge is -2.10. The molecule has 8 nitrogen and oxygen atoms in total. The van der Waals surface area contributed by atoms with Crippen LogP contribution in [0.2, 0.25) is 0 Å². The van der Waals surface area contributed by atoms with Crippen molar-refractivity contribution >= 4 is 17.9 Å². The SMILES string of the molecule is COC(=O)N(N)C(=O)C(=O)NN. The average molecular weight is 176 g/mol. The van der Waals surface area contributed by atoms with Gasteiger partial charge in [0.05, 0.1) is 7.11 Å². The summed E-state index contributed by atoms with van der Waals surface area (Å²) in [7, 11) is 1.01. The second-order valence-electron chi connectivity index (χ2n) is 1.62. The Morgan fingerprint density at radius 1 is 1.42 bits per heavy atom. The smallest absolute Gasteiger partial charge is 0.431 e. The number of imide groups is 1. The van der Waals surface area contributed by atoms with Crippen LogP contribution in [-0.2, 0) is 14.3 Å². The summed E-state index contributed by atoms with van der Waals surface area (Å²) in [5, 5.41) is 0.00218. The van der Waals surface area contributed by atoms with Crippen LogP contribution >= 0.6 is 0 Å². The summed E-state index contributed by atoms with van der Waals surface area (Å²) in [5.74, 6) is 6.93. The first-order valence-corrected chi connectivity index (χ1v) is 2.72. The molecule has 0 atom stereocenters. The van der Waals surface area contributed by atoms with Crippen molar-refractivity contribution in [2.24, 2.45) is 11.7 Å². The fourth-order valence-corrected chi connectivity index (χ4v) is 0.352. The third-order valence-electron chi connectivity index (χ3n) is 0.915. The van der Waals surface area contributed by atoms with E-state index in [1.807, 2.05) is 0 Å². The van der Waals surface area contributed by atoms with Gasteiger partial charge in [-0.05, 0) is 0 Å². The van der Waals surface area contributed by atoms with E-state index in [0.717, 1.165) is 7.11 Å². The standard InChI is InChI=1S/C4H8N4O4/c1-12-4(11)8(6)3(10)2(9)7-5/h5-6H2,1H3,(H,7,9). The number of methoxy groups -OCH3 is 1. The van der Waals surface area contributed by atoms with E-state index in [1.165, 1.54) is 5.43 Å². The van der Waals surface area contributed by atoms with Gasteiger partial charge in [-0.1, -0.05) is 0 Å². The van der Waals surface area contributed by atoms with Gasteiger partial charge in [0.25, 0.3) is 0 Å². The molecule has 0 spiro atoms. The number of ether oxygens (including phenoxy) is 1. The van der Waals surface area contributed by atoms with E-state index in [-0.39, 0.29) is 5.01 Å². The van der Waals surface area contributed by atoms with Crippen LogP contribution in [0.25, 0.3) is 0 Å². The molecule has 5 N–H and O–H groups in total. The van der Waals surface area contributed by atoms with Crippen molar-refractivity contribution in [3.8, 4) is 0 Å². The number of rotatable bonds is 0. The van der Waals surface area contributed by atoms with Gasteiger partial charge >= 0.3 is 17.9 Å². The predicted molar refractivity (Wildman–Crippen MR) is 35.8 cm³/mol. The lowest BCUT2D eigenvalue weighted by atomic mass is 10.5. The Bertz CT molecular complexity index is 215. The third-order valence-corrected chi connectivity index (χ3v) is 0.915. The van der Waals surface area contributed by atoms with E-state index < -0.39 is 17.9 Å². The maximum absolute atomic E-state index is 10.7. The van der Waals surface area contributed by atoms with E-state index in [4.69, 9.17) is 5.84 Å². The van der Waals surface area contributed by atoms with Gasteiger partial charge in [0.2, 0.25) is 0 Å². The normalized spacial score (nSPS) is 8.58. The Kier molecular flexibility index (Phi) is 3.67. The molecule has 0 saturated heterocycles. The summed E-state index contributed by atoms with van der Waals surface area (Å²) >= 11 is 0. The summed E-state index contributed by atoms with van der Waals surface area (Å²) < 4.78 is 4.05. The van der Waals surface area contributed by atoms with Gasteiger partial charge in [0.15, 0.2) is 0 Å². The number of nitrogens with one attached hydrogen (secondary N) is 1. The number of nitrogens with two attached hydrogens (primary N) is 2. The minimum absolute atomic E-state index is 0.00218. The van der Waals surface area contributed by atoms with Crippen molar-refractivity contribution in [2.45, 2.75) is 0 Å². The van der Waals surface area contributed by atoms with Gasteiger partial charge in [-0.2, -0.15) is 5.01 Å². The van der Waals surface area contributed by atoms with Crippen LogP contribution in [-0.4, -0.2) is 30.0 Å². The molecule has 0 aliphatic carbocycles. The van der Waals surface area contributed by atoms with Gasteiger partial charge in [-0.25, -0.2) is 16.5 Å². The highest BCUT2D eigenvalue weighted by atomic mass is 16.5. The molecule has 8 heteroatoms. The van der Waals surface area contributed by atoms with Gasteiger partial charge in [0.1, 0.15) is 0 Å². The minimum Gasteiger partial charge on any atom is -0.451 e. The molecule has 0 bridgehead atoms. The number of hydrogen-bond acceptors (Lipinski definition) is 6. The zero-order valence-electron chi connectivity index (χ0n) is 6.23. The minimum atomic E-state index is -1.30. The highest BCUT2D eigenvalue weighted by Crippen LogP contribution is 1.85. The first-order valence-electron chi connectivity index (χ1n) is 2.72. The summed E-state index contributed by atoms with van der Waals surface area (Å²) in [5.41, 5.74) is 1.51. The van der Waals surface area contributed by atoms with Gasteiger partial charge in [0, 0.05) is 0 Å². The van der Waals surface area contributed by atoms with E-state index >= 15 is 0 Å². The second kappa shape index (κ2) is 4.26. The number of carbonyl (C=O) groups is 3. The Morgan fingerprint density at radius 2 is 1.92 bits per heavy atom. The van der Waals surface area contributed by atoms with E-state index in [1.54, 1.807) is 0 Å². The largest absolute Gasteiger partial charge is 0.451 e. The summed E-state index contributed by atoms with van der Waals surface area (Å²) in [4.78, 5) is 31.7. The molecule has 0 aromatic heterocycles. The first kappa shape index (κ1) is 10.3. The van der Waals surface area contributed by atoms with Crippen LogP contribution in [0.3, 0.4) is 0 Å². The lowest BCUT2D eigenvalue weighted by molar-refractivity contribution is -0.144. The van der Waals surface area contributed by atoms with E-state index in [9.17, 15) is 14.4 Å². The molecule has 0 unspecified atom stereocenters. The summed E-state index contributed by atoms with van der Waals surface area (Å²) in [6, 6.07) is 0. The fraction of sp³-hybridized carbons (Fsp3) is 0.250. The maximum Gasteiger partial charge on any atom is 0.431 e. The monoisotopic (exact) mass is 176 g/mol. The Balaban J connectivity index is 4.29. The molecule has 0 fully saturated rings. The zero-order valence-corrected chi connectivity index (χ0v) is 6.23. The predicted octanol–water partition coefficient (Wildman–Crippen LogP) is -2.55. The Labute approximate surface area is 67.4 Å². The topological polar surface area (TPSA) is 128 Å².